The Bertz CT molecular complexity index is 87.6. The summed E-state index contributed by atoms with van der Waals surface area (Å²) >= 11 is 0. The summed E-state index contributed by atoms with van der Waals surface area (Å²) in [6, 6.07) is 0. The van der Waals surface area contributed by atoms with Crippen molar-refractivity contribution in [3.63, 3.8) is 0 Å². The summed E-state index contributed by atoms with van der Waals surface area (Å²) in [5.74, 6) is 1.06. The SMILES string of the molecule is CCCC1CC[NH+](C)CC1.[Cl-]. The zero-order valence-electron chi connectivity index (χ0n) is 7.70. The molecule has 0 bridgehead atoms. The first kappa shape index (κ1) is 11.2. The summed E-state index contributed by atoms with van der Waals surface area (Å²) in [6.45, 7) is 5.11. The molecule has 0 aliphatic carbocycles. The monoisotopic (exact) mass is 177 g/mol. The second-order valence-electron chi connectivity index (χ2n) is 3.69. The average molecular weight is 178 g/mol. The fourth-order valence-corrected chi connectivity index (χ4v) is 1.87. The third-order valence-corrected chi connectivity index (χ3v) is 2.66. The summed E-state index contributed by atoms with van der Waals surface area (Å²) < 4.78 is 0. The van der Waals surface area contributed by atoms with Crippen LogP contribution in [0.2, 0.25) is 0 Å². The molecular formula is C9H20ClN. The maximum atomic E-state index is 2.31. The summed E-state index contributed by atoms with van der Waals surface area (Å²) in [5, 5.41) is 0. The lowest BCUT2D eigenvalue weighted by Crippen LogP contribution is -3.10. The first-order chi connectivity index (χ1) is 4.83. The van der Waals surface area contributed by atoms with Gasteiger partial charge < -0.3 is 17.3 Å². The van der Waals surface area contributed by atoms with Crippen LogP contribution in [-0.2, 0) is 0 Å². The molecule has 1 heterocycles. The maximum Gasteiger partial charge on any atom is 0.0771 e. The van der Waals surface area contributed by atoms with E-state index in [4.69, 9.17) is 0 Å². The van der Waals surface area contributed by atoms with Crippen molar-refractivity contribution >= 4 is 0 Å². The summed E-state index contributed by atoms with van der Waals surface area (Å²) in [4.78, 5) is 1.73. The predicted molar refractivity (Wildman–Crippen MR) is 44.3 cm³/mol. The van der Waals surface area contributed by atoms with E-state index in [1.807, 2.05) is 0 Å². The molecule has 1 nitrogen and oxygen atoms in total. The summed E-state index contributed by atoms with van der Waals surface area (Å²) in [7, 11) is 2.31. The topological polar surface area (TPSA) is 4.44 Å². The van der Waals surface area contributed by atoms with Gasteiger partial charge in [0.25, 0.3) is 0 Å². The Hall–Kier alpha value is 0.250. The van der Waals surface area contributed by atoms with Gasteiger partial charge in [-0.2, -0.15) is 0 Å². The van der Waals surface area contributed by atoms with Gasteiger partial charge in [0.15, 0.2) is 0 Å². The molecule has 68 valence electrons. The highest BCUT2D eigenvalue weighted by atomic mass is 35.5. The quantitative estimate of drug-likeness (QED) is 0.485. The Morgan fingerprint density at radius 2 is 1.82 bits per heavy atom. The maximum absolute atomic E-state index is 2.31. The fraction of sp³-hybridized carbons (Fsp3) is 1.00. The van der Waals surface area contributed by atoms with Gasteiger partial charge >= 0.3 is 0 Å². The van der Waals surface area contributed by atoms with Crippen molar-refractivity contribution in [2.24, 2.45) is 5.92 Å². The highest BCUT2D eigenvalue weighted by Gasteiger charge is 2.17. The number of halogens is 1. The summed E-state index contributed by atoms with van der Waals surface area (Å²) in [6.07, 6.45) is 5.79. The Morgan fingerprint density at radius 3 is 2.27 bits per heavy atom. The highest BCUT2D eigenvalue weighted by molar-refractivity contribution is 4.60. The lowest BCUT2D eigenvalue weighted by molar-refractivity contribution is -0.886. The van der Waals surface area contributed by atoms with E-state index in [1.54, 1.807) is 4.90 Å². The number of rotatable bonds is 2. The van der Waals surface area contributed by atoms with E-state index in [1.165, 1.54) is 38.8 Å². The zero-order valence-corrected chi connectivity index (χ0v) is 8.45. The fourth-order valence-electron chi connectivity index (χ4n) is 1.87. The molecule has 11 heavy (non-hydrogen) atoms. The van der Waals surface area contributed by atoms with Crippen LogP contribution in [0, 0.1) is 5.92 Å². The van der Waals surface area contributed by atoms with Crippen LogP contribution >= 0.6 is 0 Å². The van der Waals surface area contributed by atoms with Crippen molar-refractivity contribution in [1.82, 2.24) is 0 Å². The Morgan fingerprint density at radius 1 is 1.27 bits per heavy atom. The lowest BCUT2D eigenvalue weighted by atomic mass is 9.93. The molecule has 0 spiro atoms. The van der Waals surface area contributed by atoms with Gasteiger partial charge in [-0.05, 0) is 18.8 Å². The van der Waals surface area contributed by atoms with E-state index in [2.05, 4.69) is 14.0 Å². The molecule has 1 aliphatic rings. The average Bonchev–Trinajstić information content (AvgIpc) is 1.95. The minimum atomic E-state index is 0. The molecule has 0 saturated carbocycles. The molecule has 0 radical (unpaired) electrons. The number of piperidine rings is 1. The Balaban J connectivity index is 0.000001000. The number of nitrogens with one attached hydrogen (secondary N) is 1. The molecule has 1 N–H and O–H groups in total. The molecule has 0 amide bonds. The molecule has 1 saturated heterocycles. The molecule has 0 aromatic rings. The number of quaternary nitrogens is 1. The second-order valence-corrected chi connectivity index (χ2v) is 3.69. The van der Waals surface area contributed by atoms with Crippen LogP contribution in [0.1, 0.15) is 32.6 Å². The van der Waals surface area contributed by atoms with Gasteiger partial charge in [-0.25, -0.2) is 0 Å². The molecule has 0 unspecified atom stereocenters. The molecule has 1 fully saturated rings. The van der Waals surface area contributed by atoms with Crippen LogP contribution in [0.4, 0.5) is 0 Å². The second kappa shape index (κ2) is 5.84. The van der Waals surface area contributed by atoms with Crippen LogP contribution in [0.3, 0.4) is 0 Å². The normalized spacial score (nSPS) is 31.1. The van der Waals surface area contributed by atoms with Gasteiger partial charge in [0, 0.05) is 0 Å². The van der Waals surface area contributed by atoms with Gasteiger partial charge in [0.05, 0.1) is 20.1 Å². The highest BCUT2D eigenvalue weighted by Crippen LogP contribution is 2.15. The zero-order chi connectivity index (χ0) is 7.40. The van der Waals surface area contributed by atoms with Crippen LogP contribution in [0.5, 0.6) is 0 Å². The van der Waals surface area contributed by atoms with Crippen LogP contribution in [0.25, 0.3) is 0 Å². The van der Waals surface area contributed by atoms with Crippen LogP contribution in [-0.4, -0.2) is 20.1 Å². The van der Waals surface area contributed by atoms with Gasteiger partial charge in [-0.15, -0.1) is 0 Å². The number of hydrogen-bond donors (Lipinski definition) is 1. The van der Waals surface area contributed by atoms with Crippen molar-refractivity contribution in [1.29, 1.82) is 0 Å². The Labute approximate surface area is 76.6 Å². The molecule has 1 rings (SSSR count). The molecule has 0 aromatic heterocycles. The molecule has 2 heteroatoms. The van der Waals surface area contributed by atoms with Gasteiger partial charge in [-0.1, -0.05) is 19.8 Å². The third-order valence-electron chi connectivity index (χ3n) is 2.66. The van der Waals surface area contributed by atoms with Crippen molar-refractivity contribution in [3.05, 3.63) is 0 Å². The first-order valence-corrected chi connectivity index (χ1v) is 4.64. The number of likely N-dealkylation sites (tertiary alicyclic amines) is 1. The van der Waals surface area contributed by atoms with E-state index in [9.17, 15) is 0 Å². The van der Waals surface area contributed by atoms with Crippen molar-refractivity contribution in [3.8, 4) is 0 Å². The smallest absolute Gasteiger partial charge is 0.0771 e. The van der Waals surface area contributed by atoms with Gasteiger partial charge in [0.2, 0.25) is 0 Å². The third kappa shape index (κ3) is 3.97. The minimum absolute atomic E-state index is 0. The van der Waals surface area contributed by atoms with Crippen molar-refractivity contribution in [2.75, 3.05) is 20.1 Å². The summed E-state index contributed by atoms with van der Waals surface area (Å²) in [5.41, 5.74) is 0. The Kier molecular flexibility index (Phi) is 5.98. The minimum Gasteiger partial charge on any atom is -1.00 e. The number of hydrogen-bond acceptors (Lipinski definition) is 0. The molecule has 0 atom stereocenters. The molecule has 1 aliphatic heterocycles. The van der Waals surface area contributed by atoms with Crippen LogP contribution < -0.4 is 17.3 Å². The largest absolute Gasteiger partial charge is 1.00 e. The van der Waals surface area contributed by atoms with E-state index in [-0.39, 0.29) is 12.4 Å². The van der Waals surface area contributed by atoms with Gasteiger partial charge in [-0.3, -0.25) is 0 Å². The molecule has 0 aromatic carbocycles. The van der Waals surface area contributed by atoms with Gasteiger partial charge in [0.1, 0.15) is 0 Å². The van der Waals surface area contributed by atoms with Crippen molar-refractivity contribution < 1.29 is 17.3 Å². The van der Waals surface area contributed by atoms with E-state index < -0.39 is 0 Å². The van der Waals surface area contributed by atoms with E-state index in [0.717, 1.165) is 5.92 Å². The van der Waals surface area contributed by atoms with E-state index in [0.29, 0.717) is 0 Å². The first-order valence-electron chi connectivity index (χ1n) is 4.64. The standard InChI is InChI=1S/C9H19N.ClH/c1-3-4-9-5-7-10(2)8-6-9;/h9H,3-8H2,1-2H3;1H. The lowest BCUT2D eigenvalue weighted by Gasteiger charge is -2.25. The van der Waals surface area contributed by atoms with E-state index >= 15 is 0 Å². The van der Waals surface area contributed by atoms with Crippen LogP contribution in [0.15, 0.2) is 0 Å². The predicted octanol–water partition coefficient (Wildman–Crippen LogP) is -2.28. The van der Waals surface area contributed by atoms with Crippen molar-refractivity contribution in [2.45, 2.75) is 32.6 Å². The molecular weight excluding hydrogens is 158 g/mol.